The first-order valence-electron chi connectivity index (χ1n) is 10.7. The molecule has 1 aliphatic rings. The Kier molecular flexibility index (Phi) is 7.83. The van der Waals surface area contributed by atoms with Crippen LogP contribution in [0.1, 0.15) is 37.8 Å². The van der Waals surface area contributed by atoms with E-state index in [0.717, 1.165) is 0 Å². The van der Waals surface area contributed by atoms with Crippen molar-refractivity contribution in [3.8, 4) is 11.1 Å². The van der Waals surface area contributed by atoms with E-state index in [9.17, 15) is 9.59 Å². The maximum Gasteiger partial charge on any atom is 0.410 e. The number of likely N-dealkylation sites (N-methyl/N-ethyl adjacent to an activating group) is 2. The van der Waals surface area contributed by atoms with E-state index in [4.69, 9.17) is 4.74 Å². The van der Waals surface area contributed by atoms with Gasteiger partial charge in [-0.25, -0.2) is 4.79 Å². The minimum absolute atomic E-state index is 0.00595. The van der Waals surface area contributed by atoms with Crippen molar-refractivity contribution in [1.29, 1.82) is 0 Å². The van der Waals surface area contributed by atoms with Crippen molar-refractivity contribution in [2.24, 2.45) is 0 Å². The molecule has 0 heterocycles. The number of hydrogen-bond acceptors (Lipinski definition) is 5. The van der Waals surface area contributed by atoms with Crippen LogP contribution >= 0.6 is 21.6 Å². The third-order valence-corrected chi connectivity index (χ3v) is 8.68. The Morgan fingerprint density at radius 3 is 2.00 bits per heavy atom. The summed E-state index contributed by atoms with van der Waals surface area (Å²) in [5, 5.41) is 0. The first-order valence-corrected chi connectivity index (χ1v) is 13.0. The molecule has 0 spiro atoms. The molecule has 0 bridgehead atoms. The van der Waals surface area contributed by atoms with Crippen LogP contribution in [0, 0.1) is 0 Å². The summed E-state index contributed by atoms with van der Waals surface area (Å²) in [5.74, 6) is 0.385. The fraction of sp³-hybridized carbons (Fsp3) is 0.440. The SMILES string of the molecule is CN(C)C(=O)C(CSSC(C)(C)C)N(C)C(=O)OCC1c2ccccc2-c2ccccc21. The highest BCUT2D eigenvalue weighted by molar-refractivity contribution is 8.77. The summed E-state index contributed by atoms with van der Waals surface area (Å²) in [6.45, 7) is 6.62. The van der Waals surface area contributed by atoms with Gasteiger partial charge in [0.15, 0.2) is 0 Å². The molecule has 32 heavy (non-hydrogen) atoms. The van der Waals surface area contributed by atoms with Gasteiger partial charge < -0.3 is 9.64 Å². The third-order valence-electron chi connectivity index (χ3n) is 5.35. The molecule has 1 aliphatic carbocycles. The first kappa shape index (κ1) is 24.5. The van der Waals surface area contributed by atoms with Crippen molar-refractivity contribution in [3.63, 3.8) is 0 Å². The van der Waals surface area contributed by atoms with Crippen molar-refractivity contribution < 1.29 is 14.3 Å². The van der Waals surface area contributed by atoms with Gasteiger partial charge in [0.2, 0.25) is 5.91 Å². The maximum absolute atomic E-state index is 13.0. The van der Waals surface area contributed by atoms with Crippen LogP contribution in [-0.2, 0) is 9.53 Å². The number of ether oxygens (including phenoxy) is 1. The number of fused-ring (bicyclic) bond motifs is 3. The highest BCUT2D eigenvalue weighted by Crippen LogP contribution is 2.44. The summed E-state index contributed by atoms with van der Waals surface area (Å²) in [4.78, 5) is 28.7. The zero-order valence-corrected chi connectivity index (χ0v) is 21.3. The van der Waals surface area contributed by atoms with Gasteiger partial charge in [0.1, 0.15) is 12.6 Å². The Hall–Kier alpha value is -2.12. The number of carbonyl (C=O) groups excluding carboxylic acids is 2. The summed E-state index contributed by atoms with van der Waals surface area (Å²) >= 11 is 0. The van der Waals surface area contributed by atoms with E-state index in [1.165, 1.54) is 32.1 Å². The Labute approximate surface area is 199 Å². The van der Waals surface area contributed by atoms with E-state index in [2.05, 4.69) is 45.0 Å². The van der Waals surface area contributed by atoms with Gasteiger partial charge in [0.05, 0.1) is 0 Å². The van der Waals surface area contributed by atoms with Crippen molar-refractivity contribution in [2.75, 3.05) is 33.5 Å². The number of carbonyl (C=O) groups is 2. The molecule has 0 fully saturated rings. The zero-order chi connectivity index (χ0) is 23.5. The monoisotopic (exact) mass is 472 g/mol. The Bertz CT molecular complexity index is 926. The Balaban J connectivity index is 1.70. The van der Waals surface area contributed by atoms with E-state index in [0.29, 0.717) is 5.75 Å². The largest absolute Gasteiger partial charge is 0.448 e. The molecule has 2 aromatic rings. The highest BCUT2D eigenvalue weighted by atomic mass is 33.1. The summed E-state index contributed by atoms with van der Waals surface area (Å²) in [6.07, 6.45) is -0.478. The molecular weight excluding hydrogens is 440 g/mol. The van der Waals surface area contributed by atoms with Crippen LogP contribution in [0.3, 0.4) is 0 Å². The fourth-order valence-corrected chi connectivity index (χ4v) is 6.31. The molecule has 2 aromatic carbocycles. The summed E-state index contributed by atoms with van der Waals surface area (Å²) in [7, 11) is 8.38. The second kappa shape index (κ2) is 10.2. The molecule has 0 N–H and O–H groups in total. The van der Waals surface area contributed by atoms with E-state index in [-0.39, 0.29) is 23.2 Å². The molecule has 0 saturated carbocycles. The third kappa shape index (κ3) is 5.62. The summed E-state index contributed by atoms with van der Waals surface area (Å²) < 4.78 is 5.83. The topological polar surface area (TPSA) is 49.9 Å². The van der Waals surface area contributed by atoms with Crippen LogP contribution in [0.15, 0.2) is 48.5 Å². The molecule has 7 heteroatoms. The average Bonchev–Trinajstić information content (AvgIpc) is 3.07. The molecular formula is C25H32N2O3S2. The molecule has 5 nitrogen and oxygen atoms in total. The lowest BCUT2D eigenvalue weighted by atomic mass is 9.98. The van der Waals surface area contributed by atoms with Gasteiger partial charge in [-0.2, -0.15) is 0 Å². The van der Waals surface area contributed by atoms with Crippen molar-refractivity contribution in [3.05, 3.63) is 59.7 Å². The maximum atomic E-state index is 13.0. The smallest absolute Gasteiger partial charge is 0.410 e. The van der Waals surface area contributed by atoms with Crippen LogP contribution in [0.4, 0.5) is 4.79 Å². The second-order valence-electron chi connectivity index (χ2n) is 9.14. The molecule has 0 aliphatic heterocycles. The zero-order valence-electron chi connectivity index (χ0n) is 19.6. The Morgan fingerprint density at radius 2 is 1.50 bits per heavy atom. The van der Waals surface area contributed by atoms with E-state index >= 15 is 0 Å². The van der Waals surface area contributed by atoms with E-state index in [1.807, 2.05) is 24.3 Å². The minimum atomic E-state index is -0.583. The van der Waals surface area contributed by atoms with Gasteiger partial charge >= 0.3 is 6.09 Å². The van der Waals surface area contributed by atoms with Crippen LogP contribution in [-0.4, -0.2) is 66.1 Å². The van der Waals surface area contributed by atoms with Crippen LogP contribution in [0.2, 0.25) is 0 Å². The predicted octanol–water partition coefficient (Wildman–Crippen LogP) is 5.50. The summed E-state index contributed by atoms with van der Waals surface area (Å²) in [6, 6.07) is 15.9. The number of amides is 2. The van der Waals surface area contributed by atoms with Gasteiger partial charge in [-0.05, 0) is 22.3 Å². The number of hydrogen-bond donors (Lipinski definition) is 0. The van der Waals surface area contributed by atoms with Crippen molar-refractivity contribution >= 4 is 33.6 Å². The molecule has 0 radical (unpaired) electrons. The minimum Gasteiger partial charge on any atom is -0.448 e. The van der Waals surface area contributed by atoms with Crippen LogP contribution < -0.4 is 0 Å². The van der Waals surface area contributed by atoms with Gasteiger partial charge in [-0.3, -0.25) is 9.69 Å². The lowest BCUT2D eigenvalue weighted by Crippen LogP contribution is -2.49. The molecule has 3 rings (SSSR count). The molecule has 172 valence electrons. The predicted molar refractivity (Wildman–Crippen MR) is 135 cm³/mol. The van der Waals surface area contributed by atoms with Gasteiger partial charge in [0, 0.05) is 37.6 Å². The standard InChI is InChI=1S/C25H32N2O3S2/c1-25(2,3)32-31-16-22(23(28)26(4)5)27(6)24(29)30-15-21-19-13-9-7-11-17(19)18-12-8-10-14-20(18)21/h7-14,21-22H,15-16H2,1-6H3. The molecule has 2 amide bonds. The van der Waals surface area contributed by atoms with Gasteiger partial charge in [-0.15, -0.1) is 0 Å². The average molecular weight is 473 g/mol. The number of nitrogens with zero attached hydrogens (tertiary/aromatic N) is 2. The van der Waals surface area contributed by atoms with E-state index in [1.54, 1.807) is 42.7 Å². The number of rotatable bonds is 7. The van der Waals surface area contributed by atoms with Crippen molar-refractivity contribution in [1.82, 2.24) is 9.80 Å². The van der Waals surface area contributed by atoms with Gasteiger partial charge in [-0.1, -0.05) is 90.9 Å². The fourth-order valence-electron chi connectivity index (χ4n) is 3.75. The highest BCUT2D eigenvalue weighted by Gasteiger charge is 2.33. The number of benzene rings is 2. The molecule has 0 saturated heterocycles. The summed E-state index contributed by atoms with van der Waals surface area (Å²) in [5.41, 5.74) is 4.71. The lowest BCUT2D eigenvalue weighted by molar-refractivity contribution is -0.132. The molecule has 1 unspecified atom stereocenters. The lowest BCUT2D eigenvalue weighted by Gasteiger charge is -2.29. The van der Waals surface area contributed by atoms with Crippen LogP contribution in [0.25, 0.3) is 11.1 Å². The van der Waals surface area contributed by atoms with Gasteiger partial charge in [0.25, 0.3) is 0 Å². The quantitative estimate of drug-likeness (QED) is 0.498. The van der Waals surface area contributed by atoms with Crippen molar-refractivity contribution in [2.45, 2.75) is 37.5 Å². The van der Waals surface area contributed by atoms with E-state index < -0.39 is 12.1 Å². The van der Waals surface area contributed by atoms with Crippen LogP contribution in [0.5, 0.6) is 0 Å². The molecule has 1 atom stereocenters. The first-order chi connectivity index (χ1) is 15.1. The normalized spacial score (nSPS) is 13.8. The Morgan fingerprint density at radius 1 is 0.969 bits per heavy atom. The molecule has 0 aromatic heterocycles. The second-order valence-corrected chi connectivity index (χ2v) is 12.3.